The first-order chi connectivity index (χ1) is 11.3. The van der Waals surface area contributed by atoms with Crippen molar-refractivity contribution < 1.29 is 22.7 Å². The first kappa shape index (κ1) is 18.4. The number of hydrogen-bond acceptors (Lipinski definition) is 5. The number of amides is 1. The highest BCUT2D eigenvalue weighted by Gasteiger charge is 2.39. The van der Waals surface area contributed by atoms with Crippen LogP contribution in [0.25, 0.3) is 0 Å². The summed E-state index contributed by atoms with van der Waals surface area (Å²) in [7, 11) is -1.89. The zero-order chi connectivity index (χ0) is 17.7. The Labute approximate surface area is 142 Å². The van der Waals surface area contributed by atoms with Crippen LogP contribution in [0.4, 0.5) is 0 Å². The number of esters is 1. The molecule has 0 unspecified atom stereocenters. The molecule has 0 spiro atoms. The third kappa shape index (κ3) is 4.56. The molecule has 1 aromatic carbocycles. The average molecular weight is 353 g/mol. The predicted octanol–water partition coefficient (Wildman–Crippen LogP) is 1.20. The summed E-state index contributed by atoms with van der Waals surface area (Å²) < 4.78 is 28.2. The van der Waals surface area contributed by atoms with Crippen molar-refractivity contribution in [1.29, 1.82) is 0 Å². The van der Waals surface area contributed by atoms with Crippen LogP contribution in [0, 0.1) is 0 Å². The van der Waals surface area contributed by atoms with Crippen LogP contribution in [0.3, 0.4) is 0 Å². The van der Waals surface area contributed by atoms with Crippen LogP contribution in [-0.4, -0.2) is 55.9 Å². The van der Waals surface area contributed by atoms with Gasteiger partial charge in [0.1, 0.15) is 6.04 Å². The van der Waals surface area contributed by atoms with Gasteiger partial charge in [-0.3, -0.25) is 4.79 Å². The minimum absolute atomic E-state index is 0.0496. The standard InChI is InChI=1S/C17H23NO5S/c1-13(17(20)23-2)18(15-10-11-24(21,22)12-15)16(19)9-8-14-6-4-3-5-7-14/h3-7,13,15H,8-12H2,1-2H3/t13-,15-/m0/s1. The van der Waals surface area contributed by atoms with Crippen LogP contribution in [0.5, 0.6) is 0 Å². The molecule has 1 heterocycles. The van der Waals surface area contributed by atoms with Crippen LogP contribution in [0.2, 0.25) is 0 Å². The molecule has 1 aliphatic rings. The summed E-state index contributed by atoms with van der Waals surface area (Å²) in [6, 6.07) is 8.31. The summed E-state index contributed by atoms with van der Waals surface area (Å²) in [5, 5.41) is 0. The van der Waals surface area contributed by atoms with E-state index in [0.29, 0.717) is 12.8 Å². The molecule has 132 valence electrons. The molecule has 2 atom stereocenters. The molecular formula is C17H23NO5S. The van der Waals surface area contributed by atoms with Gasteiger partial charge in [-0.25, -0.2) is 13.2 Å². The fourth-order valence-corrected chi connectivity index (χ4v) is 4.75. The number of nitrogens with zero attached hydrogens (tertiary/aromatic N) is 1. The van der Waals surface area contributed by atoms with Gasteiger partial charge >= 0.3 is 5.97 Å². The molecule has 0 aliphatic carbocycles. The summed E-state index contributed by atoms with van der Waals surface area (Å²) >= 11 is 0. The van der Waals surface area contributed by atoms with E-state index in [9.17, 15) is 18.0 Å². The number of carbonyl (C=O) groups is 2. The van der Waals surface area contributed by atoms with E-state index in [2.05, 4.69) is 0 Å². The second-order valence-electron chi connectivity index (χ2n) is 6.04. The quantitative estimate of drug-likeness (QED) is 0.718. The zero-order valence-electron chi connectivity index (χ0n) is 14.0. The van der Waals surface area contributed by atoms with Gasteiger partial charge in [0.25, 0.3) is 0 Å². The summed E-state index contributed by atoms with van der Waals surface area (Å²) in [6.45, 7) is 1.58. The molecular weight excluding hydrogens is 330 g/mol. The van der Waals surface area contributed by atoms with Crippen molar-refractivity contribution in [2.45, 2.75) is 38.3 Å². The Bertz CT molecular complexity index is 686. The van der Waals surface area contributed by atoms with Crippen LogP contribution >= 0.6 is 0 Å². The maximum Gasteiger partial charge on any atom is 0.328 e. The Morgan fingerprint density at radius 3 is 2.50 bits per heavy atom. The molecule has 7 heteroatoms. The van der Waals surface area contributed by atoms with Gasteiger partial charge in [-0.2, -0.15) is 0 Å². The van der Waals surface area contributed by atoms with E-state index < -0.39 is 27.9 Å². The number of hydrogen-bond donors (Lipinski definition) is 0. The van der Waals surface area contributed by atoms with E-state index in [1.807, 2.05) is 30.3 Å². The number of sulfone groups is 1. The van der Waals surface area contributed by atoms with E-state index in [4.69, 9.17) is 4.74 Å². The lowest BCUT2D eigenvalue weighted by molar-refractivity contribution is -0.153. The van der Waals surface area contributed by atoms with Gasteiger partial charge in [0.15, 0.2) is 9.84 Å². The fourth-order valence-electron chi connectivity index (χ4n) is 3.04. The molecule has 0 bridgehead atoms. The fraction of sp³-hybridized carbons (Fsp3) is 0.529. The lowest BCUT2D eigenvalue weighted by Crippen LogP contribution is -2.50. The molecule has 1 saturated heterocycles. The SMILES string of the molecule is COC(=O)[C@H](C)N(C(=O)CCc1ccccc1)[C@H]1CCS(=O)(=O)C1. The highest BCUT2D eigenvalue weighted by Crippen LogP contribution is 2.22. The summed E-state index contributed by atoms with van der Waals surface area (Å²) in [4.78, 5) is 26.0. The molecule has 1 aliphatic heterocycles. The third-order valence-corrected chi connectivity index (χ3v) is 6.07. The van der Waals surface area contributed by atoms with Crippen molar-refractivity contribution in [1.82, 2.24) is 4.90 Å². The Morgan fingerprint density at radius 2 is 1.96 bits per heavy atom. The highest BCUT2D eigenvalue weighted by atomic mass is 32.2. The second-order valence-corrected chi connectivity index (χ2v) is 8.27. The van der Waals surface area contributed by atoms with Gasteiger partial charge in [0.2, 0.25) is 5.91 Å². The molecule has 1 fully saturated rings. The van der Waals surface area contributed by atoms with E-state index in [1.54, 1.807) is 6.92 Å². The van der Waals surface area contributed by atoms with Gasteiger partial charge in [-0.05, 0) is 25.3 Å². The first-order valence-corrected chi connectivity index (χ1v) is 9.79. The van der Waals surface area contributed by atoms with Crippen LogP contribution in [-0.2, 0) is 30.6 Å². The summed E-state index contributed by atoms with van der Waals surface area (Å²) in [6.07, 6.45) is 1.13. The lowest BCUT2D eigenvalue weighted by atomic mass is 10.1. The summed E-state index contributed by atoms with van der Waals surface area (Å²) in [5.74, 6) is -0.800. The zero-order valence-corrected chi connectivity index (χ0v) is 14.8. The third-order valence-electron chi connectivity index (χ3n) is 4.32. The molecule has 0 aromatic heterocycles. The molecule has 6 nitrogen and oxygen atoms in total. The predicted molar refractivity (Wildman–Crippen MR) is 90.1 cm³/mol. The van der Waals surface area contributed by atoms with E-state index >= 15 is 0 Å². The minimum Gasteiger partial charge on any atom is -0.467 e. The number of aryl methyl sites for hydroxylation is 1. The van der Waals surface area contributed by atoms with E-state index in [0.717, 1.165) is 5.56 Å². The highest BCUT2D eigenvalue weighted by molar-refractivity contribution is 7.91. The van der Waals surface area contributed by atoms with Crippen LogP contribution in [0.15, 0.2) is 30.3 Å². The average Bonchev–Trinajstić information content (AvgIpc) is 2.92. The van der Waals surface area contributed by atoms with Crippen molar-refractivity contribution in [3.63, 3.8) is 0 Å². The maximum absolute atomic E-state index is 12.7. The van der Waals surface area contributed by atoms with Crippen molar-refractivity contribution in [3.05, 3.63) is 35.9 Å². The van der Waals surface area contributed by atoms with Crippen molar-refractivity contribution in [2.75, 3.05) is 18.6 Å². The summed E-state index contributed by atoms with van der Waals surface area (Å²) in [5.41, 5.74) is 1.02. The monoisotopic (exact) mass is 353 g/mol. The number of carbonyl (C=O) groups excluding carboxylic acids is 2. The Hall–Kier alpha value is -1.89. The Kier molecular flexibility index (Phi) is 5.99. The van der Waals surface area contributed by atoms with Crippen LogP contribution in [0.1, 0.15) is 25.3 Å². The number of benzene rings is 1. The number of methoxy groups -OCH3 is 1. The molecule has 1 aromatic rings. The van der Waals surface area contributed by atoms with Crippen LogP contribution < -0.4 is 0 Å². The van der Waals surface area contributed by atoms with Gasteiger partial charge in [-0.1, -0.05) is 30.3 Å². The largest absolute Gasteiger partial charge is 0.467 e. The van der Waals surface area contributed by atoms with Crippen molar-refractivity contribution in [2.24, 2.45) is 0 Å². The smallest absolute Gasteiger partial charge is 0.328 e. The lowest BCUT2D eigenvalue weighted by Gasteiger charge is -2.32. The topological polar surface area (TPSA) is 80.8 Å². The number of rotatable bonds is 6. The van der Waals surface area contributed by atoms with Gasteiger partial charge in [0.05, 0.1) is 18.6 Å². The molecule has 0 radical (unpaired) electrons. The number of ether oxygens (including phenoxy) is 1. The van der Waals surface area contributed by atoms with Gasteiger partial charge in [-0.15, -0.1) is 0 Å². The maximum atomic E-state index is 12.7. The Morgan fingerprint density at radius 1 is 1.29 bits per heavy atom. The molecule has 24 heavy (non-hydrogen) atoms. The normalized spacial score (nSPS) is 20.3. The van der Waals surface area contributed by atoms with E-state index in [-0.39, 0.29) is 23.8 Å². The Balaban J connectivity index is 2.12. The second kappa shape index (κ2) is 7.79. The van der Waals surface area contributed by atoms with Gasteiger partial charge in [0, 0.05) is 12.5 Å². The molecule has 0 N–H and O–H groups in total. The minimum atomic E-state index is -3.15. The van der Waals surface area contributed by atoms with E-state index in [1.165, 1.54) is 12.0 Å². The van der Waals surface area contributed by atoms with Crippen molar-refractivity contribution in [3.8, 4) is 0 Å². The molecule has 1 amide bonds. The van der Waals surface area contributed by atoms with Gasteiger partial charge < -0.3 is 9.64 Å². The molecule has 0 saturated carbocycles. The first-order valence-electron chi connectivity index (χ1n) is 7.97. The molecule has 2 rings (SSSR count). The van der Waals surface area contributed by atoms with Crippen molar-refractivity contribution >= 4 is 21.7 Å².